The van der Waals surface area contributed by atoms with Crippen LogP contribution in [0.15, 0.2) is 29.2 Å². The van der Waals surface area contributed by atoms with E-state index in [0.717, 1.165) is 38.2 Å². The minimum atomic E-state index is -3.38. The van der Waals surface area contributed by atoms with Crippen LogP contribution in [0.5, 0.6) is 0 Å². The van der Waals surface area contributed by atoms with Crippen LogP contribution in [0.4, 0.5) is 0 Å². The number of aryl methyl sites for hydroxylation is 1. The maximum Gasteiger partial charge on any atom is 0.243 e. The summed E-state index contributed by atoms with van der Waals surface area (Å²) < 4.78 is 32.9. The van der Waals surface area contributed by atoms with Gasteiger partial charge in [-0.25, -0.2) is 8.42 Å². The molecule has 0 bridgehead atoms. The van der Waals surface area contributed by atoms with Gasteiger partial charge in [0.15, 0.2) is 0 Å². The third kappa shape index (κ3) is 4.08. The van der Waals surface area contributed by atoms with E-state index in [-0.39, 0.29) is 0 Å². The average molecular weight is 367 g/mol. The van der Waals surface area contributed by atoms with Crippen molar-refractivity contribution in [2.75, 3.05) is 32.8 Å². The number of hydrogen-bond donors (Lipinski definition) is 0. The molecular weight excluding hydrogens is 336 g/mol. The maximum absolute atomic E-state index is 12.9. The Morgan fingerprint density at radius 1 is 1.16 bits per heavy atom. The molecule has 2 aliphatic heterocycles. The standard InChI is InChI=1S/C19H30N2O3S/c1-15(2)12-21(17-8-10-24-11-9-17)18-13-20(14-18)25(22,23)19-7-5-4-6-16(19)3/h4-7,15,17-18H,8-14H2,1-3H3. The Hall–Kier alpha value is -0.950. The summed E-state index contributed by atoms with van der Waals surface area (Å²) in [6, 6.07) is 8.08. The molecule has 0 N–H and O–H groups in total. The van der Waals surface area contributed by atoms with Crippen molar-refractivity contribution in [2.45, 2.75) is 50.6 Å². The van der Waals surface area contributed by atoms with Crippen LogP contribution in [-0.2, 0) is 14.8 Å². The van der Waals surface area contributed by atoms with E-state index in [1.807, 2.05) is 19.1 Å². The minimum absolute atomic E-state index is 0.323. The van der Waals surface area contributed by atoms with Gasteiger partial charge in [-0.3, -0.25) is 4.90 Å². The highest BCUT2D eigenvalue weighted by Gasteiger charge is 2.42. The molecule has 25 heavy (non-hydrogen) atoms. The number of benzene rings is 1. The van der Waals surface area contributed by atoms with Gasteiger partial charge >= 0.3 is 0 Å². The number of rotatable bonds is 6. The van der Waals surface area contributed by atoms with Crippen LogP contribution < -0.4 is 0 Å². The van der Waals surface area contributed by atoms with Crippen LogP contribution in [0.25, 0.3) is 0 Å². The Morgan fingerprint density at radius 3 is 2.40 bits per heavy atom. The van der Waals surface area contributed by atoms with E-state index in [9.17, 15) is 8.42 Å². The third-order valence-corrected chi connectivity index (χ3v) is 7.24. The van der Waals surface area contributed by atoms with Crippen molar-refractivity contribution in [2.24, 2.45) is 5.92 Å². The van der Waals surface area contributed by atoms with Gasteiger partial charge in [-0.15, -0.1) is 0 Å². The minimum Gasteiger partial charge on any atom is -0.381 e. The fraction of sp³-hybridized carbons (Fsp3) is 0.684. The highest BCUT2D eigenvalue weighted by atomic mass is 32.2. The lowest BCUT2D eigenvalue weighted by Gasteiger charge is -2.49. The van der Waals surface area contributed by atoms with Crippen molar-refractivity contribution in [3.05, 3.63) is 29.8 Å². The predicted molar refractivity (Wildman–Crippen MR) is 99.1 cm³/mol. The Morgan fingerprint density at radius 2 is 1.80 bits per heavy atom. The van der Waals surface area contributed by atoms with E-state index >= 15 is 0 Å². The summed E-state index contributed by atoms with van der Waals surface area (Å²) in [7, 11) is -3.38. The molecule has 1 aromatic carbocycles. The molecule has 2 fully saturated rings. The molecule has 0 spiro atoms. The fourth-order valence-electron chi connectivity index (χ4n) is 3.84. The zero-order valence-corrected chi connectivity index (χ0v) is 16.3. The SMILES string of the molecule is Cc1ccccc1S(=O)(=O)N1CC(N(CC(C)C)C2CCOCC2)C1. The van der Waals surface area contributed by atoms with Gasteiger partial charge in [0.2, 0.25) is 10.0 Å². The molecule has 0 unspecified atom stereocenters. The fourth-order valence-corrected chi connectivity index (χ4v) is 5.58. The van der Waals surface area contributed by atoms with Crippen LogP contribution in [0.2, 0.25) is 0 Å². The van der Waals surface area contributed by atoms with Crippen molar-refractivity contribution in [3.63, 3.8) is 0 Å². The second-order valence-electron chi connectivity index (χ2n) is 7.68. The molecule has 6 heteroatoms. The molecule has 0 aliphatic carbocycles. The van der Waals surface area contributed by atoms with Crippen molar-refractivity contribution in [1.82, 2.24) is 9.21 Å². The van der Waals surface area contributed by atoms with Gasteiger partial charge in [0.05, 0.1) is 4.90 Å². The first-order valence-electron chi connectivity index (χ1n) is 9.29. The van der Waals surface area contributed by atoms with Gasteiger partial charge in [0.25, 0.3) is 0 Å². The van der Waals surface area contributed by atoms with E-state index < -0.39 is 10.0 Å². The molecule has 1 aromatic rings. The number of sulfonamides is 1. The van der Waals surface area contributed by atoms with Crippen molar-refractivity contribution >= 4 is 10.0 Å². The molecule has 0 atom stereocenters. The first-order valence-corrected chi connectivity index (χ1v) is 10.7. The van der Waals surface area contributed by atoms with Crippen LogP contribution in [0, 0.1) is 12.8 Å². The van der Waals surface area contributed by atoms with Gasteiger partial charge in [-0.05, 0) is 37.3 Å². The maximum atomic E-state index is 12.9. The van der Waals surface area contributed by atoms with Gasteiger partial charge in [0, 0.05) is 44.9 Å². The first kappa shape index (κ1) is 18.8. The van der Waals surface area contributed by atoms with Gasteiger partial charge < -0.3 is 4.74 Å². The Bertz CT molecular complexity index is 678. The number of nitrogens with zero attached hydrogens (tertiary/aromatic N) is 2. The van der Waals surface area contributed by atoms with Gasteiger partial charge in [-0.1, -0.05) is 32.0 Å². The van der Waals surface area contributed by atoms with Crippen molar-refractivity contribution in [3.8, 4) is 0 Å². The largest absolute Gasteiger partial charge is 0.381 e. The monoisotopic (exact) mass is 366 g/mol. The quantitative estimate of drug-likeness (QED) is 0.776. The highest BCUT2D eigenvalue weighted by molar-refractivity contribution is 7.89. The topological polar surface area (TPSA) is 49.9 Å². The Kier molecular flexibility index (Phi) is 5.83. The lowest BCUT2D eigenvalue weighted by molar-refractivity contribution is -0.0157. The molecule has 0 saturated carbocycles. The zero-order chi connectivity index (χ0) is 18.0. The molecule has 2 saturated heterocycles. The smallest absolute Gasteiger partial charge is 0.243 e. The summed E-state index contributed by atoms with van der Waals surface area (Å²) in [5.74, 6) is 0.574. The summed E-state index contributed by atoms with van der Waals surface area (Å²) in [6.07, 6.45) is 2.10. The van der Waals surface area contributed by atoms with Crippen LogP contribution in [0.1, 0.15) is 32.3 Å². The zero-order valence-electron chi connectivity index (χ0n) is 15.5. The molecule has 0 amide bonds. The van der Waals surface area contributed by atoms with E-state index in [2.05, 4.69) is 18.7 Å². The first-order chi connectivity index (χ1) is 11.9. The average Bonchev–Trinajstić information content (AvgIpc) is 2.53. The molecule has 0 radical (unpaired) electrons. The van der Waals surface area contributed by atoms with Crippen molar-refractivity contribution < 1.29 is 13.2 Å². The van der Waals surface area contributed by atoms with Gasteiger partial charge in [0.1, 0.15) is 0 Å². The van der Waals surface area contributed by atoms with E-state index in [0.29, 0.717) is 36.0 Å². The predicted octanol–water partition coefficient (Wildman–Crippen LogP) is 2.50. The summed E-state index contributed by atoms with van der Waals surface area (Å²) in [6.45, 7) is 10.2. The van der Waals surface area contributed by atoms with Crippen LogP contribution in [0.3, 0.4) is 0 Å². The summed E-state index contributed by atoms with van der Waals surface area (Å²) in [5.41, 5.74) is 0.814. The highest BCUT2D eigenvalue weighted by Crippen LogP contribution is 2.29. The van der Waals surface area contributed by atoms with E-state index in [1.165, 1.54) is 0 Å². The van der Waals surface area contributed by atoms with Crippen molar-refractivity contribution in [1.29, 1.82) is 0 Å². The number of ether oxygens (including phenoxy) is 1. The van der Waals surface area contributed by atoms with Crippen LogP contribution >= 0.6 is 0 Å². The second kappa shape index (κ2) is 7.74. The van der Waals surface area contributed by atoms with E-state index in [1.54, 1.807) is 16.4 Å². The second-order valence-corrected chi connectivity index (χ2v) is 9.58. The summed E-state index contributed by atoms with van der Waals surface area (Å²) in [4.78, 5) is 2.98. The normalized spacial score (nSPS) is 21.0. The Labute approximate surface area is 152 Å². The molecule has 2 aliphatic rings. The molecule has 0 aromatic heterocycles. The molecule has 2 heterocycles. The lowest BCUT2D eigenvalue weighted by Crippen LogP contribution is -2.64. The molecule has 5 nitrogen and oxygen atoms in total. The Balaban J connectivity index is 1.69. The van der Waals surface area contributed by atoms with Crippen LogP contribution in [-0.4, -0.2) is 62.6 Å². The number of hydrogen-bond acceptors (Lipinski definition) is 4. The molecule has 3 rings (SSSR count). The third-order valence-electron chi connectivity index (χ3n) is 5.25. The lowest BCUT2D eigenvalue weighted by atomic mass is 9.99. The molecular formula is C19H30N2O3S. The van der Waals surface area contributed by atoms with Gasteiger partial charge in [-0.2, -0.15) is 4.31 Å². The summed E-state index contributed by atoms with van der Waals surface area (Å²) >= 11 is 0. The summed E-state index contributed by atoms with van der Waals surface area (Å²) in [5, 5.41) is 0. The molecule has 140 valence electrons. The van der Waals surface area contributed by atoms with E-state index in [4.69, 9.17) is 4.74 Å².